The Morgan fingerprint density at radius 3 is 2.71 bits per heavy atom. The number of anilines is 1. The Labute approximate surface area is 274 Å². The maximum atomic E-state index is 16.9. The predicted octanol–water partition coefficient (Wildman–Crippen LogP) is 6.74. The van der Waals surface area contributed by atoms with Gasteiger partial charge in [-0.2, -0.15) is 28.4 Å². The Morgan fingerprint density at radius 2 is 1.98 bits per heavy atom. The number of nitrogen functional groups attached to an aromatic ring is 1. The van der Waals surface area contributed by atoms with Gasteiger partial charge in [0.15, 0.2) is 5.82 Å². The molecule has 8 nitrogen and oxygen atoms in total. The average molecular weight is 689 g/mol. The van der Waals surface area contributed by atoms with E-state index in [2.05, 4.69) is 15.3 Å². The quantitative estimate of drug-likeness (QED) is 0.215. The smallest absolute Gasteiger partial charge is 0.417 e. The van der Waals surface area contributed by atoms with Gasteiger partial charge < -0.3 is 20.5 Å². The molecule has 48 heavy (non-hydrogen) atoms. The number of benzene rings is 2. The van der Waals surface area contributed by atoms with Crippen LogP contribution in [-0.2, 0) is 6.18 Å². The molecule has 1 aliphatic carbocycles. The van der Waals surface area contributed by atoms with E-state index < -0.39 is 46.2 Å². The van der Waals surface area contributed by atoms with Gasteiger partial charge in [0.25, 0.3) is 0 Å². The van der Waals surface area contributed by atoms with Crippen LogP contribution in [0, 0.1) is 28.4 Å². The zero-order chi connectivity index (χ0) is 33.6. The average Bonchev–Trinajstić information content (AvgIpc) is 3.79. The molecule has 252 valence electrons. The van der Waals surface area contributed by atoms with Crippen LogP contribution in [0.5, 0.6) is 11.9 Å². The Bertz CT molecular complexity index is 2000. The molecule has 0 amide bonds. The van der Waals surface area contributed by atoms with Crippen LogP contribution >= 0.6 is 11.3 Å². The number of alkyl halides is 4. The highest BCUT2D eigenvalue weighted by Crippen LogP contribution is 2.50. The summed E-state index contributed by atoms with van der Waals surface area (Å²) in [6.07, 6.45) is -2.46. The summed E-state index contributed by atoms with van der Waals surface area (Å²) in [7, 11) is 0. The van der Waals surface area contributed by atoms with Crippen molar-refractivity contribution in [3.63, 3.8) is 0 Å². The van der Waals surface area contributed by atoms with Crippen LogP contribution in [0.4, 0.5) is 31.3 Å². The van der Waals surface area contributed by atoms with Gasteiger partial charge in [-0.15, -0.1) is 11.3 Å². The molecule has 4 aliphatic rings. The molecular weight excluding hydrogens is 658 g/mol. The number of nitrogens with one attached hydrogen (secondary N) is 1. The third kappa shape index (κ3) is 4.94. The van der Waals surface area contributed by atoms with Gasteiger partial charge in [0.2, 0.25) is 5.88 Å². The van der Waals surface area contributed by atoms with Crippen LogP contribution < -0.4 is 20.5 Å². The van der Waals surface area contributed by atoms with Crippen molar-refractivity contribution in [1.82, 2.24) is 20.2 Å². The minimum Gasteiger partial charge on any atom is -0.474 e. The van der Waals surface area contributed by atoms with E-state index in [9.17, 15) is 27.2 Å². The van der Waals surface area contributed by atoms with Crippen molar-refractivity contribution >= 4 is 37.3 Å². The number of ether oxygens (including phenoxy) is 2. The van der Waals surface area contributed by atoms with Crippen LogP contribution in [0.25, 0.3) is 32.1 Å². The zero-order valence-electron chi connectivity index (χ0n) is 25.5. The van der Waals surface area contributed by atoms with E-state index in [0.29, 0.717) is 37.1 Å². The predicted molar refractivity (Wildman–Crippen MR) is 167 cm³/mol. The van der Waals surface area contributed by atoms with E-state index in [1.54, 1.807) is 0 Å². The van der Waals surface area contributed by atoms with Gasteiger partial charge in [0.05, 0.1) is 26.8 Å². The molecule has 5 heterocycles. The van der Waals surface area contributed by atoms with Gasteiger partial charge in [-0.05, 0) is 68.3 Å². The SMILES string of the molecule is N#Cc1c(N)sc2c(F)ccc(-c3c(C(F)(F)F)cc4c(OC5CC6(CCNC6)C5)nc(OC[C@@]56CCCN5C[C@H](F)C6)nc4c3F)c12. The topological polar surface area (TPSA) is 109 Å². The highest BCUT2D eigenvalue weighted by atomic mass is 32.1. The fourth-order valence-electron chi connectivity index (χ4n) is 8.27. The summed E-state index contributed by atoms with van der Waals surface area (Å²) in [6.45, 7) is 2.65. The second-order valence-electron chi connectivity index (χ2n) is 13.5. The molecule has 3 aliphatic heterocycles. The van der Waals surface area contributed by atoms with Crippen LogP contribution in [0.1, 0.15) is 49.7 Å². The van der Waals surface area contributed by atoms with Crippen LogP contribution in [0.15, 0.2) is 18.2 Å². The first-order chi connectivity index (χ1) is 22.9. The van der Waals surface area contributed by atoms with Crippen molar-refractivity contribution in [2.45, 2.75) is 62.5 Å². The Morgan fingerprint density at radius 1 is 1.17 bits per heavy atom. The zero-order valence-corrected chi connectivity index (χ0v) is 26.3. The monoisotopic (exact) mass is 688 g/mol. The molecule has 3 N–H and O–H groups in total. The Balaban J connectivity index is 1.29. The van der Waals surface area contributed by atoms with Crippen molar-refractivity contribution in [1.29, 1.82) is 5.26 Å². The molecule has 0 radical (unpaired) electrons. The molecular formula is C33H30F6N6O2S. The van der Waals surface area contributed by atoms with Crippen LogP contribution in [0.2, 0.25) is 0 Å². The summed E-state index contributed by atoms with van der Waals surface area (Å²) >= 11 is 0.692. The summed E-state index contributed by atoms with van der Waals surface area (Å²) in [4.78, 5) is 10.6. The number of thiophene rings is 1. The first kappa shape index (κ1) is 31.4. The lowest BCUT2D eigenvalue weighted by molar-refractivity contribution is -0.137. The molecule has 1 saturated carbocycles. The van der Waals surface area contributed by atoms with E-state index in [4.69, 9.17) is 15.2 Å². The largest absolute Gasteiger partial charge is 0.474 e. The van der Waals surface area contributed by atoms with Crippen molar-refractivity contribution in [3.8, 4) is 29.1 Å². The lowest BCUT2D eigenvalue weighted by Gasteiger charge is -2.44. The Hall–Kier alpha value is -3.87. The van der Waals surface area contributed by atoms with E-state index >= 15 is 4.39 Å². The third-order valence-corrected chi connectivity index (χ3v) is 11.6. The number of halogens is 6. The van der Waals surface area contributed by atoms with E-state index in [1.807, 2.05) is 11.0 Å². The van der Waals surface area contributed by atoms with Gasteiger partial charge in [-0.1, -0.05) is 6.07 Å². The highest BCUT2D eigenvalue weighted by Gasteiger charge is 2.50. The molecule has 8 rings (SSSR count). The summed E-state index contributed by atoms with van der Waals surface area (Å²) in [6, 6.07) is 4.16. The fraction of sp³-hybridized carbons (Fsp3) is 0.485. The first-order valence-corrected chi connectivity index (χ1v) is 16.6. The number of rotatable bonds is 6. The molecule has 15 heteroatoms. The van der Waals surface area contributed by atoms with Crippen molar-refractivity contribution in [3.05, 3.63) is 41.0 Å². The maximum absolute atomic E-state index is 16.9. The molecule has 3 saturated heterocycles. The number of nitriles is 1. The van der Waals surface area contributed by atoms with E-state index in [-0.39, 0.29) is 74.6 Å². The molecule has 2 aromatic heterocycles. The van der Waals surface area contributed by atoms with Gasteiger partial charge in [0, 0.05) is 30.5 Å². The molecule has 4 fully saturated rings. The number of nitrogens with two attached hydrogens (primary N) is 1. The maximum Gasteiger partial charge on any atom is 0.417 e. The van der Waals surface area contributed by atoms with Crippen molar-refractivity contribution in [2.75, 3.05) is 38.5 Å². The highest BCUT2D eigenvalue weighted by molar-refractivity contribution is 7.23. The fourth-order valence-corrected chi connectivity index (χ4v) is 9.22. The summed E-state index contributed by atoms with van der Waals surface area (Å²) in [5.74, 6) is -2.43. The first-order valence-electron chi connectivity index (χ1n) is 15.8. The molecule has 4 aromatic rings. The van der Waals surface area contributed by atoms with Gasteiger partial charge in [0.1, 0.15) is 41.3 Å². The second-order valence-corrected chi connectivity index (χ2v) is 14.6. The standard InChI is InChI=1S/C33H30F6N6O2S/c34-16-9-32(4-1-7-45(32)13-16)15-46-30-43-26-19(29(44-30)47-17-10-31(11-17)5-6-42-14-31)8-21(33(37,38)39)24(25(26)36)18-2-3-22(35)27-23(18)20(12-40)28(41)48-27/h2-3,8,16-17,42H,1,4-7,9-11,13-15,41H2/t16-,17?,31?,32+/m1/s1. The number of nitrogens with zero attached hydrogens (tertiary/aromatic N) is 4. The lowest BCUT2D eigenvalue weighted by Crippen LogP contribution is -2.45. The molecule has 2 atom stereocenters. The summed E-state index contributed by atoms with van der Waals surface area (Å²) in [5.41, 5.74) is 1.98. The van der Waals surface area contributed by atoms with Crippen molar-refractivity contribution in [2.24, 2.45) is 5.41 Å². The molecule has 1 spiro atoms. The molecule has 2 aromatic carbocycles. The van der Waals surface area contributed by atoms with Gasteiger partial charge in [-0.3, -0.25) is 4.90 Å². The number of fused-ring (bicyclic) bond motifs is 3. The summed E-state index contributed by atoms with van der Waals surface area (Å²) in [5, 5.41) is 12.5. The molecule has 0 bridgehead atoms. The Kier molecular flexibility index (Phi) is 7.25. The minimum atomic E-state index is -5.08. The number of hydrogen-bond donors (Lipinski definition) is 2. The second kappa shape index (κ2) is 11.1. The van der Waals surface area contributed by atoms with E-state index in [0.717, 1.165) is 44.1 Å². The third-order valence-electron chi connectivity index (χ3n) is 10.5. The normalized spacial score (nSPS) is 27.1. The molecule has 0 unspecified atom stereocenters. The van der Waals surface area contributed by atoms with Gasteiger partial charge in [-0.25, -0.2) is 13.2 Å². The number of hydrogen-bond acceptors (Lipinski definition) is 9. The lowest BCUT2D eigenvalue weighted by atomic mass is 9.66. The van der Waals surface area contributed by atoms with Crippen LogP contribution in [-0.4, -0.2) is 65.5 Å². The number of aromatic nitrogens is 2. The van der Waals surface area contributed by atoms with Gasteiger partial charge >= 0.3 is 12.2 Å². The van der Waals surface area contributed by atoms with E-state index in [1.165, 1.54) is 0 Å². The van der Waals surface area contributed by atoms with Crippen LogP contribution in [0.3, 0.4) is 0 Å². The minimum absolute atomic E-state index is 0.00395. The summed E-state index contributed by atoms with van der Waals surface area (Å²) < 4.78 is 103. The van der Waals surface area contributed by atoms with Crippen molar-refractivity contribution < 1.29 is 35.8 Å².